The highest BCUT2D eigenvalue weighted by atomic mass is 35.5. The summed E-state index contributed by atoms with van der Waals surface area (Å²) in [5.41, 5.74) is 1.55. The average Bonchev–Trinajstić information content (AvgIpc) is 3.21. The molecule has 8 heteroatoms. The van der Waals surface area contributed by atoms with Gasteiger partial charge < -0.3 is 14.6 Å². The summed E-state index contributed by atoms with van der Waals surface area (Å²) in [5, 5.41) is 1.99. The highest BCUT2D eigenvalue weighted by Gasteiger charge is 2.24. The molecule has 0 fully saturated rings. The number of nitrogens with zero attached hydrogens (tertiary/aromatic N) is 1. The summed E-state index contributed by atoms with van der Waals surface area (Å²) in [6.07, 6.45) is 0. The molecule has 36 heavy (non-hydrogen) atoms. The predicted molar refractivity (Wildman–Crippen MR) is 143 cm³/mol. The number of aromatic nitrogens is 1. The van der Waals surface area contributed by atoms with Gasteiger partial charge >= 0.3 is 0 Å². The summed E-state index contributed by atoms with van der Waals surface area (Å²) < 4.78 is 20.0. The molecule has 182 valence electrons. The van der Waals surface area contributed by atoms with Crippen LogP contribution in [0.4, 0.5) is 4.39 Å². The molecular weight excluding hydrogens is 499 g/mol. The molecule has 5 aromatic rings. The number of amides is 1. The zero-order valence-electron chi connectivity index (χ0n) is 19.4. The van der Waals surface area contributed by atoms with Crippen LogP contribution in [0.2, 0.25) is 5.02 Å². The Bertz CT molecular complexity index is 1630. The molecule has 0 aliphatic carbocycles. The van der Waals surface area contributed by atoms with Crippen molar-refractivity contribution in [2.75, 3.05) is 6.61 Å². The van der Waals surface area contributed by atoms with Crippen molar-refractivity contribution in [2.45, 2.75) is 20.0 Å². The summed E-state index contributed by atoms with van der Waals surface area (Å²) in [4.78, 5) is 31.6. The molecule has 0 bridgehead atoms. The maximum absolute atomic E-state index is 13.8. The number of rotatable bonds is 7. The van der Waals surface area contributed by atoms with Crippen LogP contribution in [0.15, 0.2) is 77.6 Å². The van der Waals surface area contributed by atoms with Crippen LogP contribution in [0.3, 0.4) is 0 Å². The summed E-state index contributed by atoms with van der Waals surface area (Å²) in [7, 11) is 0. The number of halogens is 2. The third-order valence-electron chi connectivity index (χ3n) is 5.87. The molecule has 0 radical (unpaired) electrons. The topological polar surface area (TPSA) is 62.4 Å². The molecule has 0 aliphatic rings. The number of hydrogen-bond donors (Lipinski definition) is 1. The SMILES string of the molecule is CCOc1ccc2[nH]c(=O)c(CN(Cc3ccc(F)cc3)C(=O)c3sc4ccccc4c3Cl)cc2c1. The predicted octanol–water partition coefficient (Wildman–Crippen LogP) is 6.78. The molecule has 0 atom stereocenters. The number of pyridine rings is 1. The van der Waals surface area contributed by atoms with Gasteiger partial charge in [0.2, 0.25) is 0 Å². The normalized spacial score (nSPS) is 11.2. The molecule has 3 aromatic carbocycles. The standard InChI is InChI=1S/C28H22ClFN2O3S/c1-2-35-21-11-12-23-18(14-21)13-19(27(33)31-23)16-32(15-17-7-9-20(30)10-8-17)28(34)26-25(29)22-5-3-4-6-24(22)36-26/h3-14H,2,15-16H2,1H3,(H,31,33). The van der Waals surface area contributed by atoms with Gasteiger partial charge in [-0.15, -0.1) is 11.3 Å². The highest BCUT2D eigenvalue weighted by molar-refractivity contribution is 7.21. The second kappa shape index (κ2) is 10.1. The second-order valence-corrected chi connectivity index (χ2v) is 9.76. The number of ether oxygens (including phenoxy) is 1. The maximum atomic E-state index is 13.8. The van der Waals surface area contributed by atoms with Gasteiger partial charge in [0, 0.05) is 33.1 Å². The van der Waals surface area contributed by atoms with Gasteiger partial charge in [-0.3, -0.25) is 9.59 Å². The zero-order valence-corrected chi connectivity index (χ0v) is 21.0. The number of hydrogen-bond acceptors (Lipinski definition) is 4. The Labute approximate surface area is 215 Å². The molecule has 0 aliphatic heterocycles. The van der Waals surface area contributed by atoms with E-state index in [0.29, 0.717) is 33.3 Å². The first-order valence-electron chi connectivity index (χ1n) is 11.4. The van der Waals surface area contributed by atoms with Gasteiger partial charge in [0.15, 0.2) is 0 Å². The summed E-state index contributed by atoms with van der Waals surface area (Å²) in [6.45, 7) is 2.66. The zero-order chi connectivity index (χ0) is 25.2. The Kier molecular flexibility index (Phi) is 6.76. The van der Waals surface area contributed by atoms with Crippen LogP contribution in [-0.2, 0) is 13.1 Å². The first-order chi connectivity index (χ1) is 17.4. The van der Waals surface area contributed by atoms with Crippen molar-refractivity contribution in [3.63, 3.8) is 0 Å². The third-order valence-corrected chi connectivity index (χ3v) is 7.53. The molecule has 0 unspecified atom stereocenters. The second-order valence-electron chi connectivity index (χ2n) is 8.33. The summed E-state index contributed by atoms with van der Waals surface area (Å²) in [6, 6.07) is 20.7. The molecule has 2 aromatic heterocycles. The number of fused-ring (bicyclic) bond motifs is 2. The molecule has 5 rings (SSSR count). The molecule has 1 amide bonds. The van der Waals surface area contributed by atoms with Crippen molar-refractivity contribution in [2.24, 2.45) is 0 Å². The minimum Gasteiger partial charge on any atom is -0.494 e. The molecule has 2 heterocycles. The van der Waals surface area contributed by atoms with E-state index in [-0.39, 0.29) is 30.4 Å². The lowest BCUT2D eigenvalue weighted by molar-refractivity contribution is 0.0734. The van der Waals surface area contributed by atoms with Crippen molar-refractivity contribution < 1.29 is 13.9 Å². The number of thiophene rings is 1. The smallest absolute Gasteiger partial charge is 0.266 e. The average molecular weight is 521 g/mol. The van der Waals surface area contributed by atoms with Gasteiger partial charge in [0.05, 0.1) is 18.2 Å². The largest absolute Gasteiger partial charge is 0.494 e. The van der Waals surface area contributed by atoms with Gasteiger partial charge in [-0.2, -0.15) is 0 Å². The number of carbonyl (C=O) groups excluding carboxylic acids is 1. The van der Waals surface area contributed by atoms with E-state index in [2.05, 4.69) is 4.98 Å². The van der Waals surface area contributed by atoms with Crippen molar-refractivity contribution in [1.29, 1.82) is 0 Å². The fourth-order valence-electron chi connectivity index (χ4n) is 4.11. The summed E-state index contributed by atoms with van der Waals surface area (Å²) >= 11 is 7.92. The van der Waals surface area contributed by atoms with Crippen LogP contribution < -0.4 is 10.3 Å². The molecule has 0 spiro atoms. The van der Waals surface area contributed by atoms with Crippen molar-refractivity contribution in [3.05, 3.63) is 110 Å². The number of nitrogens with one attached hydrogen (secondary N) is 1. The Morgan fingerprint density at radius 2 is 1.83 bits per heavy atom. The highest BCUT2D eigenvalue weighted by Crippen LogP contribution is 2.36. The van der Waals surface area contributed by atoms with Crippen LogP contribution in [0, 0.1) is 5.82 Å². The number of carbonyl (C=O) groups is 1. The number of benzene rings is 3. The van der Waals surface area contributed by atoms with Crippen LogP contribution in [0.25, 0.3) is 21.0 Å². The minimum absolute atomic E-state index is 0.0465. The number of aromatic amines is 1. The number of H-pyrrole nitrogens is 1. The van der Waals surface area contributed by atoms with Crippen LogP contribution in [0.1, 0.15) is 27.7 Å². The van der Waals surface area contributed by atoms with Gasteiger partial charge in [-0.25, -0.2) is 4.39 Å². The van der Waals surface area contributed by atoms with Crippen molar-refractivity contribution >= 4 is 49.8 Å². The first-order valence-corrected chi connectivity index (χ1v) is 12.6. The fourth-order valence-corrected chi connectivity index (χ4v) is 5.59. The van der Waals surface area contributed by atoms with E-state index in [9.17, 15) is 14.0 Å². The van der Waals surface area contributed by atoms with Crippen molar-refractivity contribution in [1.82, 2.24) is 9.88 Å². The quantitative estimate of drug-likeness (QED) is 0.257. The van der Waals surface area contributed by atoms with E-state index in [4.69, 9.17) is 16.3 Å². The molecular formula is C28H22ClFN2O3S. The summed E-state index contributed by atoms with van der Waals surface area (Å²) in [5.74, 6) is 0.0349. The molecule has 0 saturated carbocycles. The Morgan fingerprint density at radius 1 is 1.06 bits per heavy atom. The van der Waals surface area contributed by atoms with E-state index in [1.54, 1.807) is 35.2 Å². The monoisotopic (exact) mass is 520 g/mol. The lowest BCUT2D eigenvalue weighted by Gasteiger charge is -2.22. The van der Waals surface area contributed by atoms with E-state index >= 15 is 0 Å². The molecule has 0 saturated heterocycles. The Hall–Kier alpha value is -3.68. The molecule has 1 N–H and O–H groups in total. The Morgan fingerprint density at radius 3 is 2.58 bits per heavy atom. The van der Waals surface area contributed by atoms with E-state index < -0.39 is 0 Å². The van der Waals surface area contributed by atoms with Gasteiger partial charge in [-0.05, 0) is 55.0 Å². The first kappa shape index (κ1) is 24.0. The lowest BCUT2D eigenvalue weighted by Crippen LogP contribution is -2.32. The van der Waals surface area contributed by atoms with Gasteiger partial charge in [0.1, 0.15) is 16.4 Å². The van der Waals surface area contributed by atoms with Gasteiger partial charge in [0.25, 0.3) is 11.5 Å². The van der Waals surface area contributed by atoms with Gasteiger partial charge in [-0.1, -0.05) is 41.9 Å². The Balaban J connectivity index is 1.55. The van der Waals surface area contributed by atoms with Crippen LogP contribution >= 0.6 is 22.9 Å². The molecule has 5 nitrogen and oxygen atoms in total. The van der Waals surface area contributed by atoms with E-state index in [0.717, 1.165) is 21.0 Å². The maximum Gasteiger partial charge on any atom is 0.266 e. The van der Waals surface area contributed by atoms with Crippen molar-refractivity contribution in [3.8, 4) is 5.75 Å². The third kappa shape index (κ3) is 4.85. The van der Waals surface area contributed by atoms with Crippen LogP contribution in [0.5, 0.6) is 5.75 Å². The van der Waals surface area contributed by atoms with E-state index in [1.807, 2.05) is 37.3 Å². The fraction of sp³-hybridized carbons (Fsp3) is 0.143. The van der Waals surface area contributed by atoms with Crippen LogP contribution in [-0.4, -0.2) is 22.4 Å². The lowest BCUT2D eigenvalue weighted by atomic mass is 10.1. The minimum atomic E-state index is -0.361. The van der Waals surface area contributed by atoms with E-state index in [1.165, 1.54) is 23.5 Å².